The molecule has 2 aromatic carbocycles. The Labute approximate surface area is 122 Å². The van der Waals surface area contributed by atoms with E-state index in [1.165, 1.54) is 18.2 Å². The van der Waals surface area contributed by atoms with Crippen molar-refractivity contribution in [1.82, 2.24) is 0 Å². The highest BCUT2D eigenvalue weighted by atomic mass is 35.5. The molecule has 0 spiro atoms. The molecule has 2 N–H and O–H groups in total. The molecule has 20 heavy (non-hydrogen) atoms. The van der Waals surface area contributed by atoms with Crippen LogP contribution in [0.2, 0.25) is 5.02 Å². The molecule has 0 unspecified atom stereocenters. The molecule has 0 fully saturated rings. The van der Waals surface area contributed by atoms with Gasteiger partial charge in [-0.2, -0.15) is 0 Å². The van der Waals surface area contributed by atoms with Crippen LogP contribution < -0.4 is 5.73 Å². The van der Waals surface area contributed by atoms with E-state index in [0.717, 1.165) is 6.07 Å². The van der Waals surface area contributed by atoms with E-state index in [2.05, 4.69) is 0 Å². The monoisotopic (exact) mass is 313 g/mol. The highest BCUT2D eigenvalue weighted by molar-refractivity contribution is 7.90. The molecule has 0 heterocycles. The minimum Gasteiger partial charge on any atom is -0.399 e. The van der Waals surface area contributed by atoms with E-state index in [1.807, 2.05) is 0 Å². The average Bonchev–Trinajstić information content (AvgIpc) is 2.35. The number of nitrogens with two attached hydrogens (primary N) is 1. The summed E-state index contributed by atoms with van der Waals surface area (Å²) < 4.78 is 37.8. The van der Waals surface area contributed by atoms with Crippen molar-refractivity contribution < 1.29 is 12.8 Å². The molecule has 0 aromatic heterocycles. The summed E-state index contributed by atoms with van der Waals surface area (Å²) in [6.07, 6.45) is 0. The number of hydrogen-bond donors (Lipinski definition) is 1. The first-order chi connectivity index (χ1) is 9.29. The van der Waals surface area contributed by atoms with Crippen molar-refractivity contribution in [2.45, 2.75) is 17.6 Å². The molecule has 0 amide bonds. The topological polar surface area (TPSA) is 60.2 Å². The summed E-state index contributed by atoms with van der Waals surface area (Å²) in [6.45, 7) is 1.69. The maximum atomic E-state index is 13.0. The maximum absolute atomic E-state index is 13.0. The molecule has 106 valence electrons. The van der Waals surface area contributed by atoms with Gasteiger partial charge in [0.2, 0.25) is 0 Å². The first-order valence-corrected chi connectivity index (χ1v) is 7.85. The first-order valence-electron chi connectivity index (χ1n) is 5.82. The van der Waals surface area contributed by atoms with Crippen molar-refractivity contribution in [3.63, 3.8) is 0 Å². The van der Waals surface area contributed by atoms with Gasteiger partial charge in [-0.15, -0.1) is 0 Å². The minimum absolute atomic E-state index is 0.0927. The van der Waals surface area contributed by atoms with Crippen molar-refractivity contribution in [2.75, 3.05) is 5.73 Å². The quantitative estimate of drug-likeness (QED) is 0.884. The number of benzene rings is 2. The van der Waals surface area contributed by atoms with Crippen molar-refractivity contribution in [2.24, 2.45) is 0 Å². The first kappa shape index (κ1) is 14.8. The third-order valence-corrected chi connectivity index (χ3v) is 5.06. The number of sulfone groups is 1. The summed E-state index contributed by atoms with van der Waals surface area (Å²) in [5, 5.41) is 0.0927. The lowest BCUT2D eigenvalue weighted by Gasteiger charge is -2.10. The van der Waals surface area contributed by atoms with E-state index >= 15 is 0 Å². The molecule has 0 aliphatic rings. The highest BCUT2D eigenvalue weighted by Crippen LogP contribution is 2.26. The highest BCUT2D eigenvalue weighted by Gasteiger charge is 2.19. The van der Waals surface area contributed by atoms with Gasteiger partial charge < -0.3 is 5.73 Å². The van der Waals surface area contributed by atoms with Gasteiger partial charge in [0.1, 0.15) is 5.82 Å². The predicted molar refractivity (Wildman–Crippen MR) is 77.9 cm³/mol. The molecule has 0 aliphatic carbocycles. The molecular formula is C14H13ClFNO2S. The molecule has 0 radical (unpaired) electrons. The molecule has 0 saturated carbocycles. The zero-order valence-corrected chi connectivity index (χ0v) is 12.3. The van der Waals surface area contributed by atoms with Crippen LogP contribution in [0.25, 0.3) is 0 Å². The number of halogens is 2. The van der Waals surface area contributed by atoms with Gasteiger partial charge >= 0.3 is 0 Å². The van der Waals surface area contributed by atoms with Crippen LogP contribution in [0, 0.1) is 12.7 Å². The van der Waals surface area contributed by atoms with Gasteiger partial charge in [0, 0.05) is 10.7 Å². The van der Waals surface area contributed by atoms with E-state index in [9.17, 15) is 12.8 Å². The molecule has 6 heteroatoms. The van der Waals surface area contributed by atoms with E-state index in [1.54, 1.807) is 19.1 Å². The Balaban J connectivity index is 2.43. The zero-order chi connectivity index (χ0) is 14.9. The summed E-state index contributed by atoms with van der Waals surface area (Å²) >= 11 is 5.86. The van der Waals surface area contributed by atoms with E-state index in [0.29, 0.717) is 16.8 Å². The molecule has 3 nitrogen and oxygen atoms in total. The fourth-order valence-corrected chi connectivity index (χ4v) is 3.88. The standard InChI is InChI=1S/C14H13ClFNO2S/c1-9-2-5-12(17)7-14(9)20(18,19)8-10-3-4-11(16)6-13(10)15/h2-7H,8,17H2,1H3. The molecular weight excluding hydrogens is 301 g/mol. The normalized spacial score (nSPS) is 11.6. The third-order valence-electron chi connectivity index (χ3n) is 2.91. The Morgan fingerprint density at radius 2 is 1.90 bits per heavy atom. The number of hydrogen-bond acceptors (Lipinski definition) is 3. The number of aryl methyl sites for hydroxylation is 1. The van der Waals surface area contributed by atoms with Crippen LogP contribution in [-0.4, -0.2) is 8.42 Å². The lowest BCUT2D eigenvalue weighted by molar-refractivity contribution is 0.594. The molecule has 0 bridgehead atoms. The van der Waals surface area contributed by atoms with Crippen molar-refractivity contribution in [1.29, 1.82) is 0 Å². The molecule has 0 aliphatic heterocycles. The van der Waals surface area contributed by atoms with Crippen LogP contribution in [0.5, 0.6) is 0 Å². The fraction of sp³-hybridized carbons (Fsp3) is 0.143. The van der Waals surface area contributed by atoms with E-state index in [-0.39, 0.29) is 15.7 Å². The van der Waals surface area contributed by atoms with Crippen LogP contribution in [-0.2, 0) is 15.6 Å². The van der Waals surface area contributed by atoms with Crippen LogP contribution in [0.1, 0.15) is 11.1 Å². The maximum Gasteiger partial charge on any atom is 0.182 e. The smallest absolute Gasteiger partial charge is 0.182 e. The van der Waals surface area contributed by atoms with Gasteiger partial charge in [-0.25, -0.2) is 12.8 Å². The van der Waals surface area contributed by atoms with Crippen molar-refractivity contribution in [3.05, 3.63) is 58.4 Å². The number of anilines is 1. The van der Waals surface area contributed by atoms with Gasteiger partial charge in [0.05, 0.1) is 10.6 Å². The van der Waals surface area contributed by atoms with Crippen molar-refractivity contribution in [3.8, 4) is 0 Å². The average molecular weight is 314 g/mol. The van der Waals surface area contributed by atoms with Gasteiger partial charge in [-0.3, -0.25) is 0 Å². The van der Waals surface area contributed by atoms with Crippen LogP contribution in [0.3, 0.4) is 0 Å². The lowest BCUT2D eigenvalue weighted by Crippen LogP contribution is -2.08. The minimum atomic E-state index is -3.59. The molecule has 2 aromatic rings. The third kappa shape index (κ3) is 3.11. The second kappa shape index (κ2) is 5.42. The fourth-order valence-electron chi connectivity index (χ4n) is 1.87. The Hall–Kier alpha value is -1.59. The van der Waals surface area contributed by atoms with Crippen LogP contribution >= 0.6 is 11.6 Å². The molecule has 0 saturated heterocycles. The molecule has 2 rings (SSSR count). The molecule has 0 atom stereocenters. The van der Waals surface area contributed by atoms with E-state index < -0.39 is 15.7 Å². The predicted octanol–water partition coefficient (Wildman–Crippen LogP) is 3.34. The van der Waals surface area contributed by atoms with Crippen LogP contribution in [0.4, 0.5) is 10.1 Å². The summed E-state index contributed by atoms with van der Waals surface area (Å²) in [6, 6.07) is 8.36. The zero-order valence-electron chi connectivity index (χ0n) is 10.7. The number of nitrogen functional groups attached to an aromatic ring is 1. The Kier molecular flexibility index (Phi) is 4.01. The van der Waals surface area contributed by atoms with Gasteiger partial charge in [-0.05, 0) is 42.3 Å². The lowest BCUT2D eigenvalue weighted by atomic mass is 10.2. The Morgan fingerprint density at radius 3 is 2.55 bits per heavy atom. The van der Waals surface area contributed by atoms with Crippen LogP contribution in [0.15, 0.2) is 41.3 Å². The summed E-state index contributed by atoms with van der Waals surface area (Å²) in [5.41, 5.74) is 6.97. The second-order valence-electron chi connectivity index (χ2n) is 4.52. The van der Waals surface area contributed by atoms with Gasteiger partial charge in [-0.1, -0.05) is 23.7 Å². The SMILES string of the molecule is Cc1ccc(N)cc1S(=O)(=O)Cc1ccc(F)cc1Cl. The second-order valence-corrected chi connectivity index (χ2v) is 6.88. The van der Waals surface area contributed by atoms with Gasteiger partial charge in [0.15, 0.2) is 9.84 Å². The Bertz CT molecular complexity index is 760. The Morgan fingerprint density at radius 1 is 1.20 bits per heavy atom. The van der Waals surface area contributed by atoms with E-state index in [4.69, 9.17) is 17.3 Å². The van der Waals surface area contributed by atoms with Crippen molar-refractivity contribution >= 4 is 27.1 Å². The summed E-state index contributed by atoms with van der Waals surface area (Å²) in [7, 11) is -3.59. The summed E-state index contributed by atoms with van der Waals surface area (Å²) in [5.74, 6) is -0.799. The summed E-state index contributed by atoms with van der Waals surface area (Å²) in [4.78, 5) is 0.165. The largest absolute Gasteiger partial charge is 0.399 e. The van der Waals surface area contributed by atoms with Gasteiger partial charge in [0.25, 0.3) is 0 Å². The number of rotatable bonds is 3.